The maximum atomic E-state index is 12.2. The van der Waals surface area contributed by atoms with Crippen LogP contribution in [0.15, 0.2) is 0 Å². The number of hydrogen-bond donors (Lipinski definition) is 4. The van der Waals surface area contributed by atoms with Crippen LogP contribution in [-0.2, 0) is 18.4 Å². The summed E-state index contributed by atoms with van der Waals surface area (Å²) < 4.78 is 22.0. The lowest BCUT2D eigenvalue weighted by molar-refractivity contribution is -0.145. The monoisotopic (exact) mass is 496 g/mol. The topological polar surface area (TPSA) is 134 Å². The fraction of sp³-hybridized carbons (Fsp3) is 0.958. The fourth-order valence-corrected chi connectivity index (χ4v) is 4.91. The molecule has 0 fully saturated rings. The number of phosphoric acid groups is 1. The van der Waals surface area contributed by atoms with E-state index in [-0.39, 0.29) is 6.42 Å². The van der Waals surface area contributed by atoms with Gasteiger partial charge in [0.2, 0.25) is 0 Å². The Morgan fingerprint density at radius 3 is 1.70 bits per heavy atom. The van der Waals surface area contributed by atoms with Gasteiger partial charge in [-0.05, 0) is 12.8 Å². The first-order valence-electron chi connectivity index (χ1n) is 12.9. The molecule has 0 aromatic rings. The number of carboxylic acids is 1. The van der Waals surface area contributed by atoms with Gasteiger partial charge in [0.1, 0.15) is 6.10 Å². The number of aliphatic hydroxyl groups excluding tert-OH is 2. The number of unbranched alkanes of at least 4 members (excludes halogenated alkanes) is 13. The maximum Gasteiger partial charge on any atom is 0.472 e. The van der Waals surface area contributed by atoms with E-state index in [9.17, 15) is 24.5 Å². The van der Waals surface area contributed by atoms with Gasteiger partial charge >= 0.3 is 13.8 Å². The van der Waals surface area contributed by atoms with Crippen molar-refractivity contribution in [1.29, 1.82) is 0 Å². The molecule has 4 atom stereocenters. The van der Waals surface area contributed by atoms with Crippen LogP contribution in [0.25, 0.3) is 0 Å². The second-order valence-corrected chi connectivity index (χ2v) is 10.4. The van der Waals surface area contributed by atoms with E-state index >= 15 is 0 Å². The predicted molar refractivity (Wildman–Crippen MR) is 130 cm³/mol. The van der Waals surface area contributed by atoms with E-state index in [1.54, 1.807) is 6.92 Å². The average molecular weight is 497 g/mol. The molecule has 0 radical (unpaired) electrons. The van der Waals surface area contributed by atoms with Crippen LogP contribution in [0.2, 0.25) is 0 Å². The number of hydrogen-bond acceptors (Lipinski definition) is 6. The van der Waals surface area contributed by atoms with Crippen LogP contribution in [0.5, 0.6) is 0 Å². The first-order valence-corrected chi connectivity index (χ1v) is 14.4. The second-order valence-electron chi connectivity index (χ2n) is 8.98. The molecule has 0 aromatic carbocycles. The zero-order valence-electron chi connectivity index (χ0n) is 20.8. The van der Waals surface area contributed by atoms with Crippen molar-refractivity contribution in [3.8, 4) is 0 Å². The van der Waals surface area contributed by atoms with Gasteiger partial charge in [-0.2, -0.15) is 0 Å². The molecule has 0 aliphatic carbocycles. The van der Waals surface area contributed by atoms with Crippen molar-refractivity contribution in [3.63, 3.8) is 0 Å². The van der Waals surface area contributed by atoms with Gasteiger partial charge in [-0.25, -0.2) is 4.57 Å². The van der Waals surface area contributed by atoms with Crippen LogP contribution in [-0.4, -0.2) is 51.6 Å². The van der Waals surface area contributed by atoms with E-state index in [1.807, 2.05) is 0 Å². The number of carbonyl (C=O) groups is 1. The van der Waals surface area contributed by atoms with Crippen molar-refractivity contribution in [2.45, 2.75) is 129 Å². The van der Waals surface area contributed by atoms with E-state index in [0.29, 0.717) is 12.8 Å². The summed E-state index contributed by atoms with van der Waals surface area (Å²) in [5.41, 5.74) is 0. The molecule has 0 bridgehead atoms. The van der Waals surface area contributed by atoms with Crippen molar-refractivity contribution in [2.24, 2.45) is 5.92 Å². The van der Waals surface area contributed by atoms with E-state index in [2.05, 4.69) is 6.92 Å². The second kappa shape index (κ2) is 20.8. The molecule has 0 spiro atoms. The van der Waals surface area contributed by atoms with Crippen LogP contribution in [0, 0.1) is 5.92 Å². The highest BCUT2D eigenvalue weighted by molar-refractivity contribution is 7.47. The smallest absolute Gasteiger partial charge is 0.472 e. The Hall–Kier alpha value is -0.500. The molecule has 33 heavy (non-hydrogen) atoms. The number of rotatable bonds is 24. The molecule has 0 saturated carbocycles. The minimum atomic E-state index is -4.55. The van der Waals surface area contributed by atoms with Gasteiger partial charge in [0, 0.05) is 0 Å². The molecule has 198 valence electrons. The average Bonchev–Trinajstić information content (AvgIpc) is 2.77. The van der Waals surface area contributed by atoms with Crippen LogP contribution in [0.3, 0.4) is 0 Å². The normalized spacial score (nSPS) is 16.3. The summed E-state index contributed by atoms with van der Waals surface area (Å²) >= 11 is 0. The van der Waals surface area contributed by atoms with Gasteiger partial charge in [-0.15, -0.1) is 0 Å². The highest BCUT2D eigenvalue weighted by Gasteiger charge is 2.34. The number of aliphatic hydroxyl groups is 2. The molecule has 0 aliphatic heterocycles. The summed E-state index contributed by atoms with van der Waals surface area (Å²) in [5, 5.41) is 27.5. The lowest BCUT2D eigenvalue weighted by Gasteiger charge is -2.25. The molecule has 0 aromatic heterocycles. The molecule has 4 unspecified atom stereocenters. The Balaban J connectivity index is 4.13. The summed E-state index contributed by atoms with van der Waals surface area (Å²) in [6.45, 7) is 2.75. The zero-order valence-corrected chi connectivity index (χ0v) is 21.7. The maximum absolute atomic E-state index is 12.2. The standard InChI is InChI=1S/C24H49O8P/c1-3-5-6-7-8-9-10-11-12-13-14-15-16-17-18-23(22(4-2)24(27)28)32-33(29,30)31-20-21(26)19-25/h21-23,25-26H,3-20H2,1-2H3,(H,27,28)(H,29,30). The molecule has 4 N–H and O–H groups in total. The van der Waals surface area contributed by atoms with Crippen LogP contribution >= 0.6 is 7.82 Å². The van der Waals surface area contributed by atoms with Crippen molar-refractivity contribution in [2.75, 3.05) is 13.2 Å². The van der Waals surface area contributed by atoms with Crippen molar-refractivity contribution in [1.82, 2.24) is 0 Å². The Kier molecular flexibility index (Phi) is 20.5. The molecule has 8 nitrogen and oxygen atoms in total. The quantitative estimate of drug-likeness (QED) is 0.0969. The van der Waals surface area contributed by atoms with Crippen molar-refractivity contribution >= 4 is 13.8 Å². The number of carboxylic acid groups (broad SMARTS) is 1. The molecular weight excluding hydrogens is 447 g/mol. The Morgan fingerprint density at radius 2 is 1.30 bits per heavy atom. The molecule has 0 heterocycles. The predicted octanol–water partition coefficient (Wildman–Crippen LogP) is 5.82. The van der Waals surface area contributed by atoms with Crippen LogP contribution < -0.4 is 0 Å². The van der Waals surface area contributed by atoms with Gasteiger partial charge in [0.15, 0.2) is 0 Å². The molecule has 9 heteroatoms. The Labute approximate surface area is 200 Å². The summed E-state index contributed by atoms with van der Waals surface area (Å²) in [6.07, 6.45) is 15.3. The third kappa shape index (κ3) is 18.5. The first kappa shape index (κ1) is 32.5. The third-order valence-corrected chi connectivity index (χ3v) is 6.97. The van der Waals surface area contributed by atoms with Gasteiger partial charge in [0.25, 0.3) is 0 Å². The van der Waals surface area contributed by atoms with Gasteiger partial charge < -0.3 is 20.2 Å². The fourth-order valence-electron chi connectivity index (χ4n) is 3.90. The number of phosphoric ester groups is 1. The molecule has 0 saturated heterocycles. The van der Waals surface area contributed by atoms with E-state index in [4.69, 9.17) is 14.2 Å². The molecule has 0 aliphatic rings. The van der Waals surface area contributed by atoms with Crippen LogP contribution in [0.4, 0.5) is 0 Å². The van der Waals surface area contributed by atoms with Gasteiger partial charge in [-0.1, -0.05) is 104 Å². The molecule has 0 rings (SSSR count). The number of aliphatic carboxylic acids is 1. The highest BCUT2D eigenvalue weighted by atomic mass is 31.2. The largest absolute Gasteiger partial charge is 0.481 e. The highest BCUT2D eigenvalue weighted by Crippen LogP contribution is 2.47. The Bertz CT molecular complexity index is 517. The third-order valence-electron chi connectivity index (χ3n) is 5.96. The van der Waals surface area contributed by atoms with Gasteiger partial charge in [0.05, 0.1) is 25.2 Å². The van der Waals surface area contributed by atoms with E-state index in [0.717, 1.165) is 19.3 Å². The van der Waals surface area contributed by atoms with Crippen molar-refractivity contribution < 1.29 is 38.6 Å². The zero-order chi connectivity index (χ0) is 25.0. The molecule has 0 amide bonds. The van der Waals surface area contributed by atoms with Crippen LogP contribution in [0.1, 0.15) is 117 Å². The lowest BCUT2D eigenvalue weighted by Crippen LogP contribution is -2.30. The van der Waals surface area contributed by atoms with E-state index < -0.39 is 45.1 Å². The Morgan fingerprint density at radius 1 is 0.848 bits per heavy atom. The molecular formula is C24H49O8P. The summed E-state index contributed by atoms with van der Waals surface area (Å²) in [4.78, 5) is 21.4. The summed E-state index contributed by atoms with van der Waals surface area (Å²) in [6, 6.07) is 0. The summed E-state index contributed by atoms with van der Waals surface area (Å²) in [7, 11) is -4.55. The summed E-state index contributed by atoms with van der Waals surface area (Å²) in [5.74, 6) is -2.00. The van der Waals surface area contributed by atoms with Crippen molar-refractivity contribution in [3.05, 3.63) is 0 Å². The van der Waals surface area contributed by atoms with Gasteiger partial charge in [-0.3, -0.25) is 13.8 Å². The SMILES string of the molecule is CCCCCCCCCCCCCCCCC(OP(=O)(O)OCC(O)CO)C(CC)C(=O)O. The minimum absolute atomic E-state index is 0.262. The van der Waals surface area contributed by atoms with E-state index in [1.165, 1.54) is 64.2 Å². The first-order chi connectivity index (χ1) is 15.8. The lowest BCUT2D eigenvalue weighted by atomic mass is 9.94. The minimum Gasteiger partial charge on any atom is -0.481 e.